The second-order valence-corrected chi connectivity index (χ2v) is 6.90. The molecular formula is C19H27N5O. The predicted octanol–water partition coefficient (Wildman–Crippen LogP) is 1.96. The van der Waals surface area contributed by atoms with Gasteiger partial charge in [0.15, 0.2) is 0 Å². The quantitative estimate of drug-likeness (QED) is 0.834. The maximum Gasteiger partial charge on any atom is 0.223 e. The van der Waals surface area contributed by atoms with Crippen molar-refractivity contribution in [1.29, 1.82) is 0 Å². The van der Waals surface area contributed by atoms with E-state index in [-0.39, 0.29) is 11.8 Å². The summed E-state index contributed by atoms with van der Waals surface area (Å²) in [5, 5.41) is 8.34. The van der Waals surface area contributed by atoms with Crippen LogP contribution in [0.25, 0.3) is 0 Å². The minimum absolute atomic E-state index is 0.255. The van der Waals surface area contributed by atoms with E-state index >= 15 is 0 Å². The van der Waals surface area contributed by atoms with E-state index in [1.54, 1.807) is 0 Å². The molecule has 0 unspecified atom stereocenters. The molecule has 1 atom stereocenters. The zero-order chi connectivity index (χ0) is 17.8. The van der Waals surface area contributed by atoms with Crippen LogP contribution in [0, 0.1) is 6.92 Å². The number of amides is 1. The third kappa shape index (κ3) is 4.25. The van der Waals surface area contributed by atoms with Crippen LogP contribution in [-0.2, 0) is 18.4 Å². The molecule has 1 aliphatic rings. The van der Waals surface area contributed by atoms with Crippen molar-refractivity contribution >= 4 is 5.91 Å². The summed E-state index contributed by atoms with van der Waals surface area (Å²) in [4.78, 5) is 16.9. The average molecular weight is 341 g/mol. The van der Waals surface area contributed by atoms with Gasteiger partial charge >= 0.3 is 0 Å². The van der Waals surface area contributed by atoms with E-state index in [1.165, 1.54) is 5.56 Å². The number of benzene rings is 1. The molecule has 0 spiro atoms. The first-order chi connectivity index (χ1) is 12.0. The molecule has 1 amide bonds. The first-order valence-corrected chi connectivity index (χ1v) is 8.94. The second-order valence-electron chi connectivity index (χ2n) is 6.90. The van der Waals surface area contributed by atoms with Crippen molar-refractivity contribution in [3.05, 3.63) is 47.5 Å². The first-order valence-electron chi connectivity index (χ1n) is 8.94. The lowest BCUT2D eigenvalue weighted by atomic mass is 9.97. The molecule has 1 fully saturated rings. The Labute approximate surface area is 149 Å². The molecule has 1 aromatic heterocycles. The zero-order valence-corrected chi connectivity index (χ0v) is 15.4. The maximum absolute atomic E-state index is 12.6. The standard InChI is InChI=1S/C19H27N5O/c1-15(17-7-5-4-6-8-17)13-19(25)24-11-9-23(10-12-24)14-18-21-20-16(2)22(18)3/h4-8,15H,9-14H2,1-3H3/t15-/m0/s1. The van der Waals surface area contributed by atoms with Gasteiger partial charge < -0.3 is 9.47 Å². The average Bonchev–Trinajstić information content (AvgIpc) is 2.95. The Hall–Kier alpha value is -2.21. The topological polar surface area (TPSA) is 54.3 Å². The van der Waals surface area contributed by atoms with Crippen molar-refractivity contribution in [2.45, 2.75) is 32.7 Å². The van der Waals surface area contributed by atoms with Crippen molar-refractivity contribution in [1.82, 2.24) is 24.6 Å². The van der Waals surface area contributed by atoms with Crippen molar-refractivity contribution in [3.63, 3.8) is 0 Å². The number of hydrogen-bond acceptors (Lipinski definition) is 4. The smallest absolute Gasteiger partial charge is 0.223 e. The van der Waals surface area contributed by atoms with E-state index in [0.717, 1.165) is 44.4 Å². The molecule has 0 N–H and O–H groups in total. The molecule has 25 heavy (non-hydrogen) atoms. The van der Waals surface area contributed by atoms with E-state index in [1.807, 2.05) is 41.6 Å². The van der Waals surface area contributed by atoms with Crippen molar-refractivity contribution in [2.75, 3.05) is 26.2 Å². The van der Waals surface area contributed by atoms with Crippen LogP contribution < -0.4 is 0 Å². The number of nitrogens with zero attached hydrogens (tertiary/aromatic N) is 5. The Morgan fingerprint density at radius 3 is 2.40 bits per heavy atom. The summed E-state index contributed by atoms with van der Waals surface area (Å²) in [6, 6.07) is 10.3. The number of rotatable bonds is 5. The number of hydrogen-bond donors (Lipinski definition) is 0. The van der Waals surface area contributed by atoms with Gasteiger partial charge in [-0.1, -0.05) is 37.3 Å². The van der Waals surface area contributed by atoms with E-state index in [4.69, 9.17) is 0 Å². The molecule has 0 bridgehead atoms. The van der Waals surface area contributed by atoms with Gasteiger partial charge in [-0.15, -0.1) is 10.2 Å². The predicted molar refractivity (Wildman–Crippen MR) is 97.1 cm³/mol. The van der Waals surface area contributed by atoms with E-state index in [9.17, 15) is 4.79 Å². The van der Waals surface area contributed by atoms with Crippen LogP contribution in [0.3, 0.4) is 0 Å². The number of aryl methyl sites for hydroxylation is 1. The molecule has 6 heteroatoms. The van der Waals surface area contributed by atoms with Gasteiger partial charge in [-0.2, -0.15) is 0 Å². The van der Waals surface area contributed by atoms with E-state index < -0.39 is 0 Å². The molecule has 1 aliphatic heterocycles. The van der Waals surface area contributed by atoms with Crippen LogP contribution in [-0.4, -0.2) is 56.7 Å². The molecule has 0 aliphatic carbocycles. The van der Waals surface area contributed by atoms with Gasteiger partial charge in [0.25, 0.3) is 0 Å². The van der Waals surface area contributed by atoms with Crippen LogP contribution in [0.1, 0.15) is 36.5 Å². The summed E-state index contributed by atoms with van der Waals surface area (Å²) in [5.74, 6) is 2.42. The van der Waals surface area contributed by atoms with Crippen molar-refractivity contribution in [3.8, 4) is 0 Å². The molecule has 3 rings (SSSR count). The second kappa shape index (κ2) is 7.78. The van der Waals surface area contributed by atoms with Crippen LogP contribution in [0.4, 0.5) is 0 Å². The normalized spacial score (nSPS) is 16.8. The SMILES string of the molecule is Cc1nnc(CN2CCN(C(=O)C[C@H](C)c3ccccc3)CC2)n1C. The Kier molecular flexibility index (Phi) is 5.48. The lowest BCUT2D eigenvalue weighted by Gasteiger charge is -2.35. The number of carbonyl (C=O) groups is 1. The van der Waals surface area contributed by atoms with Crippen LogP contribution in [0.15, 0.2) is 30.3 Å². The summed E-state index contributed by atoms with van der Waals surface area (Å²) in [6.07, 6.45) is 0.576. The maximum atomic E-state index is 12.6. The lowest BCUT2D eigenvalue weighted by Crippen LogP contribution is -2.48. The summed E-state index contributed by atoms with van der Waals surface area (Å²) >= 11 is 0. The van der Waals surface area contributed by atoms with Gasteiger partial charge in [0.05, 0.1) is 6.54 Å². The van der Waals surface area contributed by atoms with Crippen LogP contribution in [0.5, 0.6) is 0 Å². The summed E-state index contributed by atoms with van der Waals surface area (Å²) in [5.41, 5.74) is 1.23. The Bertz CT molecular complexity index is 704. The molecule has 6 nitrogen and oxygen atoms in total. The van der Waals surface area contributed by atoms with Gasteiger partial charge in [0.1, 0.15) is 11.6 Å². The fourth-order valence-electron chi connectivity index (χ4n) is 3.23. The largest absolute Gasteiger partial charge is 0.340 e. The molecule has 2 heterocycles. The Morgan fingerprint density at radius 1 is 1.12 bits per heavy atom. The fourth-order valence-corrected chi connectivity index (χ4v) is 3.23. The zero-order valence-electron chi connectivity index (χ0n) is 15.4. The minimum atomic E-state index is 0.255. The van der Waals surface area contributed by atoms with E-state index in [0.29, 0.717) is 6.42 Å². The van der Waals surface area contributed by atoms with Gasteiger partial charge in [-0.3, -0.25) is 9.69 Å². The number of aromatic nitrogens is 3. The summed E-state index contributed by atoms with van der Waals surface area (Å²) in [7, 11) is 2.00. The number of piperazine rings is 1. The molecule has 2 aromatic rings. The highest BCUT2D eigenvalue weighted by Crippen LogP contribution is 2.20. The Morgan fingerprint density at radius 2 is 1.80 bits per heavy atom. The molecule has 134 valence electrons. The minimum Gasteiger partial charge on any atom is -0.340 e. The highest BCUT2D eigenvalue weighted by atomic mass is 16.2. The number of carbonyl (C=O) groups excluding carboxylic acids is 1. The Balaban J connectivity index is 1.48. The summed E-state index contributed by atoms with van der Waals surface area (Å²) in [6.45, 7) is 8.23. The third-order valence-electron chi connectivity index (χ3n) is 5.12. The highest BCUT2D eigenvalue weighted by molar-refractivity contribution is 5.77. The van der Waals surface area contributed by atoms with Crippen LogP contribution in [0.2, 0.25) is 0 Å². The van der Waals surface area contributed by atoms with Crippen molar-refractivity contribution < 1.29 is 4.79 Å². The molecule has 0 saturated carbocycles. The molecule has 0 radical (unpaired) electrons. The van der Waals surface area contributed by atoms with Gasteiger partial charge in [-0.25, -0.2) is 0 Å². The van der Waals surface area contributed by atoms with Gasteiger partial charge in [-0.05, 0) is 18.4 Å². The summed E-state index contributed by atoms with van der Waals surface area (Å²) < 4.78 is 2.03. The molecular weight excluding hydrogens is 314 g/mol. The van der Waals surface area contributed by atoms with E-state index in [2.05, 4.69) is 34.2 Å². The monoisotopic (exact) mass is 341 g/mol. The van der Waals surface area contributed by atoms with Gasteiger partial charge in [0.2, 0.25) is 5.91 Å². The molecule has 1 saturated heterocycles. The van der Waals surface area contributed by atoms with Crippen LogP contribution >= 0.6 is 0 Å². The third-order valence-corrected chi connectivity index (χ3v) is 5.12. The van der Waals surface area contributed by atoms with Crippen molar-refractivity contribution in [2.24, 2.45) is 7.05 Å². The highest BCUT2D eigenvalue weighted by Gasteiger charge is 2.23. The van der Waals surface area contributed by atoms with Gasteiger partial charge in [0, 0.05) is 39.6 Å². The first kappa shape index (κ1) is 17.6. The molecule has 1 aromatic carbocycles. The lowest BCUT2D eigenvalue weighted by molar-refractivity contribution is -0.133. The fraction of sp³-hybridized carbons (Fsp3) is 0.526.